The van der Waals surface area contributed by atoms with E-state index < -0.39 is 4.92 Å². The fraction of sp³-hybridized carbons (Fsp3) is 0.333. The van der Waals surface area contributed by atoms with Crippen molar-refractivity contribution >= 4 is 51.7 Å². The van der Waals surface area contributed by atoms with Gasteiger partial charge in [0.05, 0.1) is 16.0 Å². The van der Waals surface area contributed by atoms with Crippen molar-refractivity contribution in [3.63, 3.8) is 0 Å². The van der Waals surface area contributed by atoms with E-state index in [0.29, 0.717) is 23.1 Å². The maximum atomic E-state index is 11.3. The molecule has 28 heavy (non-hydrogen) atoms. The predicted molar refractivity (Wildman–Crippen MR) is 113 cm³/mol. The van der Waals surface area contributed by atoms with Crippen molar-refractivity contribution in [2.45, 2.75) is 18.0 Å². The summed E-state index contributed by atoms with van der Waals surface area (Å²) in [6.45, 7) is 2.41. The van der Waals surface area contributed by atoms with E-state index in [0.717, 1.165) is 47.9 Å². The summed E-state index contributed by atoms with van der Waals surface area (Å²) >= 11 is 7.53. The number of hydrogen-bond acceptors (Lipinski definition) is 7. The first kappa shape index (κ1) is 18.8. The summed E-state index contributed by atoms with van der Waals surface area (Å²) in [6, 6.07) is 8.76. The van der Waals surface area contributed by atoms with Gasteiger partial charge >= 0.3 is 5.69 Å². The van der Waals surface area contributed by atoms with Gasteiger partial charge in [-0.05, 0) is 37.1 Å². The Bertz CT molecular complexity index is 1000. The van der Waals surface area contributed by atoms with Gasteiger partial charge in [-0.15, -0.1) is 0 Å². The maximum Gasteiger partial charge on any atom is 0.311 e. The molecule has 0 saturated carbocycles. The third kappa shape index (κ3) is 4.15. The lowest BCUT2D eigenvalue weighted by atomic mass is 10.3. The summed E-state index contributed by atoms with van der Waals surface area (Å²) in [5, 5.41) is 15.9. The molecule has 1 aliphatic heterocycles. The summed E-state index contributed by atoms with van der Waals surface area (Å²) in [4.78, 5) is 25.3. The van der Waals surface area contributed by atoms with Gasteiger partial charge < -0.3 is 15.2 Å². The first-order chi connectivity index (χ1) is 13.6. The molecule has 2 N–H and O–H groups in total. The number of aromatic amines is 1. The number of nitrogens with one attached hydrogen (secondary N) is 2. The normalized spacial score (nSPS) is 14.0. The van der Waals surface area contributed by atoms with E-state index in [1.54, 1.807) is 12.1 Å². The number of fused-ring (bicyclic) bond motifs is 1. The number of anilines is 2. The molecular weight excluding hydrogens is 400 g/mol. The first-order valence-corrected chi connectivity index (χ1v) is 10.4. The molecule has 2 aromatic heterocycles. The molecule has 3 heterocycles. The van der Waals surface area contributed by atoms with Crippen LogP contribution in [0, 0.1) is 10.1 Å². The quantitative estimate of drug-likeness (QED) is 0.255. The van der Waals surface area contributed by atoms with Crippen molar-refractivity contribution < 1.29 is 4.92 Å². The van der Waals surface area contributed by atoms with Gasteiger partial charge in [-0.3, -0.25) is 10.1 Å². The number of imidazole rings is 1. The molecule has 0 bridgehead atoms. The topological polar surface area (TPSA) is 100.0 Å². The van der Waals surface area contributed by atoms with Crippen LogP contribution < -0.4 is 10.2 Å². The van der Waals surface area contributed by atoms with Crippen molar-refractivity contribution in [3.05, 3.63) is 45.5 Å². The molecular formula is C18H19ClN6O2S. The Hall–Kier alpha value is -2.52. The third-order valence-electron chi connectivity index (χ3n) is 4.54. The van der Waals surface area contributed by atoms with Gasteiger partial charge in [0.15, 0.2) is 5.16 Å². The highest BCUT2D eigenvalue weighted by Gasteiger charge is 2.20. The number of rotatable bonds is 7. The molecule has 4 rings (SSSR count). The summed E-state index contributed by atoms with van der Waals surface area (Å²) in [7, 11) is 0. The number of halogens is 1. The van der Waals surface area contributed by atoms with Crippen LogP contribution in [0.2, 0.25) is 5.02 Å². The number of pyridine rings is 1. The van der Waals surface area contributed by atoms with E-state index in [4.69, 9.17) is 11.6 Å². The Morgan fingerprint density at radius 3 is 2.86 bits per heavy atom. The van der Waals surface area contributed by atoms with Crippen LogP contribution in [0.1, 0.15) is 12.8 Å². The molecule has 3 aromatic rings. The highest BCUT2D eigenvalue weighted by atomic mass is 35.5. The Balaban J connectivity index is 1.40. The van der Waals surface area contributed by atoms with E-state index in [1.165, 1.54) is 17.8 Å². The van der Waals surface area contributed by atoms with Crippen molar-refractivity contribution in [3.8, 4) is 0 Å². The number of hydrogen-bond donors (Lipinski definition) is 2. The van der Waals surface area contributed by atoms with E-state index in [9.17, 15) is 10.1 Å². The molecule has 0 atom stereocenters. The van der Waals surface area contributed by atoms with Crippen molar-refractivity contribution in [2.24, 2.45) is 0 Å². The molecule has 0 unspecified atom stereocenters. The Kier molecular flexibility index (Phi) is 5.54. The predicted octanol–water partition coefficient (Wildman–Crippen LogP) is 4.32. The minimum Gasteiger partial charge on any atom is -0.363 e. The van der Waals surface area contributed by atoms with Crippen LogP contribution in [0.25, 0.3) is 11.0 Å². The molecule has 1 fully saturated rings. The van der Waals surface area contributed by atoms with Crippen molar-refractivity contribution in [2.75, 3.05) is 35.6 Å². The Morgan fingerprint density at radius 1 is 1.25 bits per heavy atom. The zero-order chi connectivity index (χ0) is 19.5. The average molecular weight is 419 g/mol. The lowest BCUT2D eigenvalue weighted by Crippen LogP contribution is -2.20. The van der Waals surface area contributed by atoms with E-state index in [2.05, 4.69) is 25.2 Å². The van der Waals surface area contributed by atoms with Gasteiger partial charge in [-0.2, -0.15) is 0 Å². The monoisotopic (exact) mass is 418 g/mol. The van der Waals surface area contributed by atoms with E-state index in [1.807, 2.05) is 12.1 Å². The number of thioether (sulfide) groups is 1. The number of benzene rings is 1. The Labute approximate surface area is 170 Å². The number of nitrogens with zero attached hydrogens (tertiary/aromatic N) is 4. The van der Waals surface area contributed by atoms with E-state index >= 15 is 0 Å². The molecule has 1 aromatic carbocycles. The van der Waals surface area contributed by atoms with Crippen LogP contribution in [0.4, 0.5) is 17.3 Å². The van der Waals surface area contributed by atoms with Gasteiger partial charge in [0.25, 0.3) is 0 Å². The van der Waals surface area contributed by atoms with Crippen LogP contribution >= 0.6 is 23.4 Å². The molecule has 1 aliphatic rings. The van der Waals surface area contributed by atoms with Crippen LogP contribution in [0.3, 0.4) is 0 Å². The fourth-order valence-corrected chi connectivity index (χ4v) is 4.10. The summed E-state index contributed by atoms with van der Waals surface area (Å²) < 4.78 is 0. The maximum absolute atomic E-state index is 11.3. The molecule has 10 heteroatoms. The van der Waals surface area contributed by atoms with Gasteiger partial charge in [-0.1, -0.05) is 23.4 Å². The second-order valence-electron chi connectivity index (χ2n) is 6.47. The molecule has 8 nitrogen and oxygen atoms in total. The third-order valence-corrected chi connectivity index (χ3v) is 5.65. The molecule has 146 valence electrons. The second-order valence-corrected chi connectivity index (χ2v) is 7.99. The van der Waals surface area contributed by atoms with Gasteiger partial charge in [0.1, 0.15) is 5.82 Å². The minimum absolute atomic E-state index is 0.00803. The molecule has 0 amide bonds. The van der Waals surface area contributed by atoms with Crippen molar-refractivity contribution in [1.82, 2.24) is 15.0 Å². The minimum atomic E-state index is -0.404. The van der Waals surface area contributed by atoms with Crippen LogP contribution in [0.5, 0.6) is 0 Å². The highest BCUT2D eigenvalue weighted by Crippen LogP contribution is 2.28. The zero-order valence-corrected chi connectivity index (χ0v) is 16.6. The fourth-order valence-electron chi connectivity index (χ4n) is 3.19. The molecule has 0 radical (unpaired) electrons. The smallest absolute Gasteiger partial charge is 0.311 e. The second kappa shape index (κ2) is 8.24. The van der Waals surface area contributed by atoms with Gasteiger partial charge in [0, 0.05) is 36.5 Å². The van der Waals surface area contributed by atoms with Gasteiger partial charge in [0.2, 0.25) is 5.82 Å². The van der Waals surface area contributed by atoms with Gasteiger partial charge in [-0.25, -0.2) is 9.97 Å². The average Bonchev–Trinajstić information content (AvgIpc) is 3.34. The zero-order valence-electron chi connectivity index (χ0n) is 15.0. The van der Waals surface area contributed by atoms with Crippen LogP contribution in [-0.4, -0.2) is 45.3 Å². The largest absolute Gasteiger partial charge is 0.363 e. The number of nitro groups is 1. The SMILES string of the molecule is O=[N+]([O-])c1ccc(N2CCCC2)nc1NCCSc1nc2ccc(Cl)cc2[nH]1. The summed E-state index contributed by atoms with van der Waals surface area (Å²) in [5.74, 6) is 1.78. The standard InChI is InChI=1S/C18H19ClN6O2S/c19-12-3-4-13-14(11-12)22-18(21-13)28-10-7-20-17-15(25(26)27)5-6-16(23-17)24-8-1-2-9-24/h3-6,11H,1-2,7-10H2,(H,20,23)(H,21,22). The number of aromatic nitrogens is 3. The molecule has 1 saturated heterocycles. The lowest BCUT2D eigenvalue weighted by Gasteiger charge is -2.17. The first-order valence-electron chi connectivity index (χ1n) is 9.02. The number of H-pyrrole nitrogens is 1. The molecule has 0 spiro atoms. The van der Waals surface area contributed by atoms with E-state index in [-0.39, 0.29) is 5.69 Å². The summed E-state index contributed by atoms with van der Waals surface area (Å²) in [6.07, 6.45) is 2.25. The highest BCUT2D eigenvalue weighted by molar-refractivity contribution is 7.99. The van der Waals surface area contributed by atoms with Crippen molar-refractivity contribution in [1.29, 1.82) is 0 Å². The lowest BCUT2D eigenvalue weighted by molar-refractivity contribution is -0.384. The summed E-state index contributed by atoms with van der Waals surface area (Å²) in [5.41, 5.74) is 1.74. The Morgan fingerprint density at radius 2 is 2.07 bits per heavy atom. The van der Waals surface area contributed by atoms with Crippen LogP contribution in [0.15, 0.2) is 35.5 Å². The van der Waals surface area contributed by atoms with Crippen LogP contribution in [-0.2, 0) is 0 Å². The molecule has 0 aliphatic carbocycles.